The van der Waals surface area contributed by atoms with Gasteiger partial charge in [0.05, 0.1) is 10.9 Å². The molecule has 3 nitrogen and oxygen atoms in total. The maximum absolute atomic E-state index is 12.7. The van der Waals surface area contributed by atoms with Crippen LogP contribution in [0.4, 0.5) is 4.39 Å². The lowest BCUT2D eigenvalue weighted by Gasteiger charge is -2.18. The molecular weight excluding hydrogens is 263 g/mol. The maximum atomic E-state index is 12.7. The van der Waals surface area contributed by atoms with Gasteiger partial charge in [-0.1, -0.05) is 38.2 Å². The largest absolute Gasteiger partial charge is 0.393 e. The lowest BCUT2D eigenvalue weighted by atomic mass is 9.95. The quantitative estimate of drug-likeness (QED) is 0.785. The lowest BCUT2D eigenvalue weighted by molar-refractivity contribution is -0.123. The Morgan fingerprint density at radius 3 is 2.42 bits per heavy atom. The molecule has 0 radical (unpaired) electrons. The van der Waals surface area contributed by atoms with E-state index in [-0.39, 0.29) is 22.6 Å². The molecule has 0 bridgehead atoms. The monoisotopic (exact) mass is 282 g/mol. The second-order valence-corrected chi connectivity index (χ2v) is 5.26. The smallest absolute Gasteiger partial charge is 0.230 e. The zero-order valence-corrected chi connectivity index (χ0v) is 12.0. The van der Waals surface area contributed by atoms with Crippen molar-refractivity contribution < 1.29 is 9.18 Å². The van der Waals surface area contributed by atoms with E-state index in [4.69, 9.17) is 18.0 Å². The number of halogens is 1. The molecular formula is C14H19FN2OS. The minimum atomic E-state index is -0.441. The van der Waals surface area contributed by atoms with Gasteiger partial charge in [-0.25, -0.2) is 4.39 Å². The van der Waals surface area contributed by atoms with Gasteiger partial charge >= 0.3 is 0 Å². The molecule has 0 fully saturated rings. The van der Waals surface area contributed by atoms with Gasteiger partial charge in [0.25, 0.3) is 0 Å². The van der Waals surface area contributed by atoms with Crippen molar-refractivity contribution in [3.8, 4) is 0 Å². The van der Waals surface area contributed by atoms with Gasteiger partial charge in [0, 0.05) is 6.54 Å². The van der Waals surface area contributed by atoms with Gasteiger partial charge in [-0.3, -0.25) is 4.79 Å². The van der Waals surface area contributed by atoms with Crippen LogP contribution in [0.15, 0.2) is 24.3 Å². The summed E-state index contributed by atoms with van der Waals surface area (Å²) in [7, 11) is 0. The third kappa shape index (κ3) is 4.95. The number of benzene rings is 1. The van der Waals surface area contributed by atoms with Crippen LogP contribution in [0.3, 0.4) is 0 Å². The molecule has 1 aromatic rings. The molecule has 1 rings (SSSR count). The minimum absolute atomic E-state index is 0.0725. The zero-order chi connectivity index (χ0) is 14.4. The summed E-state index contributed by atoms with van der Waals surface area (Å²) in [5, 5.41) is 2.81. The van der Waals surface area contributed by atoms with E-state index in [2.05, 4.69) is 5.32 Å². The highest BCUT2D eigenvalue weighted by molar-refractivity contribution is 7.80. The van der Waals surface area contributed by atoms with E-state index >= 15 is 0 Å². The molecule has 104 valence electrons. The number of carbonyl (C=O) groups is 1. The SMILES string of the molecule is CC(C)C(C(=O)NCCc1ccc(F)cc1)C(N)=S. The van der Waals surface area contributed by atoms with Gasteiger partial charge in [-0.15, -0.1) is 0 Å². The first-order chi connectivity index (χ1) is 8.91. The second-order valence-electron chi connectivity index (χ2n) is 4.79. The van der Waals surface area contributed by atoms with E-state index in [1.807, 2.05) is 13.8 Å². The van der Waals surface area contributed by atoms with Crippen molar-refractivity contribution in [2.45, 2.75) is 20.3 Å². The summed E-state index contributed by atoms with van der Waals surface area (Å²) >= 11 is 4.90. The predicted octanol–water partition coefficient (Wildman–Crippen LogP) is 2.04. The Labute approximate surface area is 118 Å². The third-order valence-corrected chi connectivity index (χ3v) is 3.14. The average molecular weight is 282 g/mol. The third-order valence-electron chi connectivity index (χ3n) is 2.88. The fourth-order valence-corrected chi connectivity index (χ4v) is 2.23. The van der Waals surface area contributed by atoms with Crippen molar-refractivity contribution >= 4 is 23.1 Å². The molecule has 0 aromatic heterocycles. The Hall–Kier alpha value is -1.49. The zero-order valence-electron chi connectivity index (χ0n) is 11.2. The standard InChI is InChI=1S/C14H19FN2OS/c1-9(2)12(13(16)19)14(18)17-8-7-10-3-5-11(15)6-4-10/h3-6,9,12H,7-8H2,1-2H3,(H2,16,19)(H,17,18). The van der Waals surface area contributed by atoms with Crippen LogP contribution in [-0.2, 0) is 11.2 Å². The van der Waals surface area contributed by atoms with Crippen LogP contribution >= 0.6 is 12.2 Å². The molecule has 1 unspecified atom stereocenters. The molecule has 5 heteroatoms. The molecule has 19 heavy (non-hydrogen) atoms. The summed E-state index contributed by atoms with van der Waals surface area (Å²) in [6.07, 6.45) is 0.647. The second kappa shape index (κ2) is 7.19. The molecule has 0 saturated carbocycles. The van der Waals surface area contributed by atoms with Crippen LogP contribution in [0, 0.1) is 17.7 Å². The van der Waals surface area contributed by atoms with Crippen LogP contribution in [0.25, 0.3) is 0 Å². The van der Waals surface area contributed by atoms with E-state index in [9.17, 15) is 9.18 Å². The van der Waals surface area contributed by atoms with Crippen molar-refractivity contribution in [2.75, 3.05) is 6.54 Å². The maximum Gasteiger partial charge on any atom is 0.230 e. The van der Waals surface area contributed by atoms with Crippen molar-refractivity contribution in [3.63, 3.8) is 0 Å². The van der Waals surface area contributed by atoms with Gasteiger partial charge in [-0.2, -0.15) is 0 Å². The number of hydrogen-bond acceptors (Lipinski definition) is 2. The van der Waals surface area contributed by atoms with Crippen LogP contribution in [0.2, 0.25) is 0 Å². The van der Waals surface area contributed by atoms with Crippen molar-refractivity contribution in [2.24, 2.45) is 17.6 Å². The Morgan fingerprint density at radius 1 is 1.37 bits per heavy atom. The van der Waals surface area contributed by atoms with Crippen molar-refractivity contribution in [1.82, 2.24) is 5.32 Å². The summed E-state index contributed by atoms with van der Waals surface area (Å²) in [5.41, 5.74) is 6.54. The minimum Gasteiger partial charge on any atom is -0.393 e. The van der Waals surface area contributed by atoms with Crippen molar-refractivity contribution in [1.29, 1.82) is 0 Å². The Bertz CT molecular complexity index is 445. The van der Waals surface area contributed by atoms with E-state index in [0.29, 0.717) is 13.0 Å². The van der Waals surface area contributed by atoms with Crippen LogP contribution in [0.5, 0.6) is 0 Å². The number of rotatable bonds is 6. The number of hydrogen-bond donors (Lipinski definition) is 2. The molecule has 3 N–H and O–H groups in total. The number of amides is 1. The fourth-order valence-electron chi connectivity index (χ4n) is 1.85. The normalized spacial score (nSPS) is 12.2. The summed E-state index contributed by atoms with van der Waals surface area (Å²) < 4.78 is 12.7. The van der Waals surface area contributed by atoms with E-state index in [1.165, 1.54) is 12.1 Å². The number of nitrogens with one attached hydrogen (secondary N) is 1. The summed E-state index contributed by atoms with van der Waals surface area (Å²) in [5.74, 6) is -0.780. The number of thiocarbonyl (C=S) groups is 1. The number of nitrogens with two attached hydrogens (primary N) is 1. The van der Waals surface area contributed by atoms with Gasteiger partial charge in [0.15, 0.2) is 0 Å². The highest BCUT2D eigenvalue weighted by Gasteiger charge is 2.24. The van der Waals surface area contributed by atoms with Gasteiger partial charge in [-0.05, 0) is 30.0 Å². The highest BCUT2D eigenvalue weighted by atomic mass is 32.1. The predicted molar refractivity (Wildman–Crippen MR) is 78.2 cm³/mol. The summed E-state index contributed by atoms with van der Waals surface area (Å²) in [6, 6.07) is 6.22. The Morgan fingerprint density at radius 2 is 1.95 bits per heavy atom. The van der Waals surface area contributed by atoms with Crippen molar-refractivity contribution in [3.05, 3.63) is 35.6 Å². The van der Waals surface area contributed by atoms with E-state index in [0.717, 1.165) is 5.56 Å². The molecule has 0 aliphatic rings. The number of carbonyl (C=O) groups excluding carboxylic acids is 1. The molecule has 0 heterocycles. The summed E-state index contributed by atoms with van der Waals surface area (Å²) in [4.78, 5) is 12.1. The molecule has 0 spiro atoms. The van der Waals surface area contributed by atoms with Crippen LogP contribution < -0.4 is 11.1 Å². The highest BCUT2D eigenvalue weighted by Crippen LogP contribution is 2.11. The average Bonchev–Trinajstić information content (AvgIpc) is 2.30. The lowest BCUT2D eigenvalue weighted by Crippen LogP contribution is -2.41. The van der Waals surface area contributed by atoms with Crippen LogP contribution in [-0.4, -0.2) is 17.4 Å². The first-order valence-corrected chi connectivity index (χ1v) is 6.64. The molecule has 0 aliphatic heterocycles. The summed E-state index contributed by atoms with van der Waals surface area (Å²) in [6.45, 7) is 4.29. The molecule has 1 aromatic carbocycles. The fraction of sp³-hybridized carbons (Fsp3) is 0.429. The Balaban J connectivity index is 2.46. The molecule has 0 aliphatic carbocycles. The van der Waals surface area contributed by atoms with E-state index < -0.39 is 5.92 Å². The van der Waals surface area contributed by atoms with Gasteiger partial charge in [0.1, 0.15) is 5.82 Å². The topological polar surface area (TPSA) is 55.1 Å². The van der Waals surface area contributed by atoms with Crippen LogP contribution in [0.1, 0.15) is 19.4 Å². The molecule has 1 atom stereocenters. The molecule has 0 saturated heterocycles. The first kappa shape index (κ1) is 15.6. The van der Waals surface area contributed by atoms with Gasteiger partial charge < -0.3 is 11.1 Å². The first-order valence-electron chi connectivity index (χ1n) is 6.23. The van der Waals surface area contributed by atoms with Gasteiger partial charge in [0.2, 0.25) is 5.91 Å². The van der Waals surface area contributed by atoms with E-state index in [1.54, 1.807) is 12.1 Å². The molecule has 1 amide bonds. The Kier molecular flexibility index (Phi) is 5.89.